The molecule has 0 amide bonds. The monoisotopic (exact) mass is 270 g/mol. The topological polar surface area (TPSA) is 76.2 Å². The van der Waals surface area contributed by atoms with E-state index in [4.69, 9.17) is 10.8 Å². The van der Waals surface area contributed by atoms with Gasteiger partial charge in [0.1, 0.15) is 0 Å². The maximum absolute atomic E-state index is 11.1. The van der Waals surface area contributed by atoms with E-state index in [0.29, 0.717) is 0 Å². The Morgan fingerprint density at radius 3 is 2.40 bits per heavy atom. The van der Waals surface area contributed by atoms with E-state index in [9.17, 15) is 4.79 Å². The molecule has 1 heterocycles. The van der Waals surface area contributed by atoms with Gasteiger partial charge in [-0.1, -0.05) is 26.8 Å². The van der Waals surface area contributed by atoms with Crippen molar-refractivity contribution >= 4 is 11.7 Å². The number of nitrogen functional groups attached to an aromatic ring is 1. The molecule has 104 valence electrons. The summed E-state index contributed by atoms with van der Waals surface area (Å²) >= 11 is 0. The predicted molar refractivity (Wildman–Crippen MR) is 79.7 cm³/mol. The van der Waals surface area contributed by atoms with E-state index >= 15 is 0 Å². The first-order chi connectivity index (χ1) is 9.29. The van der Waals surface area contributed by atoms with Gasteiger partial charge in [0.15, 0.2) is 0 Å². The molecular weight excluding hydrogens is 252 g/mol. The number of hydrogen-bond acceptors (Lipinski definition) is 3. The van der Waals surface area contributed by atoms with Gasteiger partial charge in [-0.2, -0.15) is 0 Å². The summed E-state index contributed by atoms with van der Waals surface area (Å²) in [5, 5.41) is 9.13. The molecule has 0 aliphatic rings. The van der Waals surface area contributed by atoms with Crippen LogP contribution in [0.15, 0.2) is 36.5 Å². The molecule has 0 atom stereocenters. The normalized spacial score (nSPS) is 11.3. The fourth-order valence-electron chi connectivity index (χ4n) is 1.94. The molecule has 4 heteroatoms. The van der Waals surface area contributed by atoms with E-state index in [1.807, 2.05) is 18.2 Å². The van der Waals surface area contributed by atoms with Gasteiger partial charge < -0.3 is 10.8 Å². The molecule has 0 unspecified atom stereocenters. The fraction of sp³-hybridized carbons (Fsp3) is 0.250. The average Bonchev–Trinajstić information content (AvgIpc) is 2.38. The second-order valence-electron chi connectivity index (χ2n) is 5.79. The molecule has 20 heavy (non-hydrogen) atoms. The van der Waals surface area contributed by atoms with Crippen molar-refractivity contribution in [1.82, 2.24) is 4.98 Å². The first-order valence-corrected chi connectivity index (χ1v) is 6.39. The van der Waals surface area contributed by atoms with Crippen LogP contribution in [0.1, 0.15) is 36.8 Å². The number of carboxylic acids is 1. The summed E-state index contributed by atoms with van der Waals surface area (Å²) in [5.74, 6) is -1.02. The summed E-state index contributed by atoms with van der Waals surface area (Å²) in [6, 6.07) is 8.89. The molecule has 2 rings (SSSR count). The molecule has 0 saturated heterocycles. The lowest BCUT2D eigenvalue weighted by Crippen LogP contribution is -2.13. The van der Waals surface area contributed by atoms with Gasteiger partial charge in [-0.05, 0) is 35.4 Å². The third-order valence-electron chi connectivity index (χ3n) is 3.15. The van der Waals surface area contributed by atoms with E-state index in [0.717, 1.165) is 16.8 Å². The molecule has 0 saturated carbocycles. The molecule has 1 aromatic heterocycles. The van der Waals surface area contributed by atoms with Crippen LogP contribution in [0, 0.1) is 0 Å². The van der Waals surface area contributed by atoms with Crippen LogP contribution in [0.4, 0.5) is 5.69 Å². The highest BCUT2D eigenvalue weighted by Crippen LogP contribution is 2.27. The second-order valence-corrected chi connectivity index (χ2v) is 5.79. The van der Waals surface area contributed by atoms with Crippen LogP contribution in [0.2, 0.25) is 0 Å². The lowest BCUT2D eigenvalue weighted by atomic mass is 9.90. The molecule has 1 aromatic carbocycles. The maximum Gasteiger partial charge on any atom is 0.337 e. The number of rotatable bonds is 2. The number of benzene rings is 1. The van der Waals surface area contributed by atoms with Crippen molar-refractivity contribution in [3.63, 3.8) is 0 Å². The average molecular weight is 270 g/mol. The van der Waals surface area contributed by atoms with Gasteiger partial charge in [-0.15, -0.1) is 0 Å². The molecule has 0 fully saturated rings. The Bertz CT molecular complexity index is 658. The number of carboxylic acid groups (broad SMARTS) is 1. The quantitative estimate of drug-likeness (QED) is 0.821. The minimum atomic E-state index is -1.02. The van der Waals surface area contributed by atoms with Gasteiger partial charge >= 0.3 is 5.97 Å². The van der Waals surface area contributed by atoms with Crippen molar-refractivity contribution in [1.29, 1.82) is 0 Å². The Morgan fingerprint density at radius 1 is 1.15 bits per heavy atom. The lowest BCUT2D eigenvalue weighted by molar-refractivity contribution is 0.0698. The van der Waals surface area contributed by atoms with Crippen molar-refractivity contribution in [3.05, 3.63) is 47.8 Å². The van der Waals surface area contributed by atoms with Crippen LogP contribution in [0.3, 0.4) is 0 Å². The van der Waals surface area contributed by atoms with E-state index in [1.54, 1.807) is 18.3 Å². The largest absolute Gasteiger partial charge is 0.478 e. The zero-order chi connectivity index (χ0) is 14.9. The molecule has 0 aliphatic heterocycles. The summed E-state index contributed by atoms with van der Waals surface area (Å²) in [5.41, 5.74) is 8.73. The number of aromatic carboxylic acids is 1. The number of aromatic nitrogens is 1. The summed E-state index contributed by atoms with van der Waals surface area (Å²) in [4.78, 5) is 15.5. The molecular formula is C16H18N2O2. The molecule has 3 N–H and O–H groups in total. The number of carbonyl (C=O) groups is 1. The summed E-state index contributed by atoms with van der Waals surface area (Å²) in [6.45, 7) is 6.26. The highest BCUT2D eigenvalue weighted by molar-refractivity contribution is 5.95. The van der Waals surface area contributed by atoms with Gasteiger partial charge in [0.25, 0.3) is 0 Å². The first kappa shape index (κ1) is 14.1. The van der Waals surface area contributed by atoms with Crippen LogP contribution >= 0.6 is 0 Å². The Labute approximate surface area is 118 Å². The number of nitrogens with two attached hydrogens (primary N) is 1. The molecule has 0 bridgehead atoms. The smallest absolute Gasteiger partial charge is 0.337 e. The third-order valence-corrected chi connectivity index (χ3v) is 3.15. The minimum Gasteiger partial charge on any atom is -0.478 e. The highest BCUT2D eigenvalue weighted by Gasteiger charge is 2.16. The number of pyridine rings is 1. The number of nitrogens with zero attached hydrogens (tertiary/aromatic N) is 1. The van der Waals surface area contributed by atoms with Gasteiger partial charge in [-0.25, -0.2) is 4.79 Å². The van der Waals surface area contributed by atoms with Crippen LogP contribution < -0.4 is 5.73 Å². The van der Waals surface area contributed by atoms with E-state index in [1.165, 1.54) is 0 Å². The highest BCUT2D eigenvalue weighted by atomic mass is 16.4. The molecule has 0 radical (unpaired) electrons. The van der Waals surface area contributed by atoms with Crippen molar-refractivity contribution in [2.24, 2.45) is 0 Å². The molecule has 2 aromatic rings. The molecule has 4 nitrogen and oxygen atoms in total. The summed E-state index contributed by atoms with van der Waals surface area (Å²) in [6.07, 6.45) is 1.74. The summed E-state index contributed by atoms with van der Waals surface area (Å²) < 4.78 is 0. The van der Waals surface area contributed by atoms with Gasteiger partial charge in [-0.3, -0.25) is 4.98 Å². The van der Waals surface area contributed by atoms with Crippen LogP contribution in [0.5, 0.6) is 0 Å². The zero-order valence-corrected chi connectivity index (χ0v) is 11.8. The van der Waals surface area contributed by atoms with E-state index in [-0.39, 0.29) is 16.7 Å². The minimum absolute atomic E-state index is 0.0561. The van der Waals surface area contributed by atoms with Gasteiger partial charge in [0.2, 0.25) is 0 Å². The Kier molecular flexibility index (Phi) is 3.49. The first-order valence-electron chi connectivity index (χ1n) is 6.39. The predicted octanol–water partition coefficient (Wildman–Crippen LogP) is 3.33. The van der Waals surface area contributed by atoms with E-state index in [2.05, 4.69) is 25.8 Å². The van der Waals surface area contributed by atoms with E-state index < -0.39 is 5.97 Å². The molecule has 0 spiro atoms. The Hall–Kier alpha value is -2.36. The van der Waals surface area contributed by atoms with Crippen LogP contribution in [-0.2, 0) is 5.41 Å². The van der Waals surface area contributed by atoms with Gasteiger partial charge in [0, 0.05) is 23.0 Å². The van der Waals surface area contributed by atoms with Crippen molar-refractivity contribution in [2.45, 2.75) is 26.2 Å². The lowest BCUT2D eigenvalue weighted by Gasteiger charge is -2.18. The van der Waals surface area contributed by atoms with Crippen molar-refractivity contribution in [3.8, 4) is 11.1 Å². The number of anilines is 1. The molecule has 0 aliphatic carbocycles. The standard InChI is InChI=1S/C16H18N2O2/c1-16(2,3)14-9-11(6-7-18-14)10-4-5-13(17)12(8-10)15(19)20/h4-9H,17H2,1-3H3,(H,19,20). The summed E-state index contributed by atoms with van der Waals surface area (Å²) in [7, 11) is 0. The van der Waals surface area contributed by atoms with Gasteiger partial charge in [0.05, 0.1) is 5.56 Å². The zero-order valence-electron chi connectivity index (χ0n) is 11.8. The third kappa shape index (κ3) is 2.79. The fourth-order valence-corrected chi connectivity index (χ4v) is 1.94. The van der Waals surface area contributed by atoms with Crippen LogP contribution in [-0.4, -0.2) is 16.1 Å². The second kappa shape index (κ2) is 4.96. The SMILES string of the molecule is CC(C)(C)c1cc(-c2ccc(N)c(C(=O)O)c2)ccn1. The Morgan fingerprint density at radius 2 is 1.80 bits per heavy atom. The van der Waals surface area contributed by atoms with Crippen molar-refractivity contribution in [2.75, 3.05) is 5.73 Å². The van der Waals surface area contributed by atoms with Crippen molar-refractivity contribution < 1.29 is 9.90 Å². The Balaban J connectivity index is 2.52. The number of hydrogen-bond donors (Lipinski definition) is 2. The maximum atomic E-state index is 11.1. The van der Waals surface area contributed by atoms with Crippen LogP contribution in [0.25, 0.3) is 11.1 Å².